The van der Waals surface area contributed by atoms with Gasteiger partial charge in [-0.2, -0.15) is 0 Å². The Labute approximate surface area is 370 Å². The smallest absolute Gasteiger partial charge is 0.253 e. The Morgan fingerprint density at radius 2 is 1.15 bits per heavy atom. The van der Waals surface area contributed by atoms with Gasteiger partial charge >= 0.3 is 0 Å². The van der Waals surface area contributed by atoms with E-state index in [0.717, 1.165) is 82.2 Å². The summed E-state index contributed by atoms with van der Waals surface area (Å²) in [4.78, 5) is 52.2. The number of H-pyrrole nitrogens is 2. The van der Waals surface area contributed by atoms with Crippen molar-refractivity contribution in [1.29, 1.82) is 0 Å². The van der Waals surface area contributed by atoms with Gasteiger partial charge in [0.05, 0.1) is 34.4 Å². The molecule has 0 atom stereocenters. The van der Waals surface area contributed by atoms with Crippen LogP contribution >= 0.6 is 24.0 Å². The molecule has 0 spiro atoms. The number of hydrogen-bond donors (Lipinski definition) is 9. The topological polar surface area (TPSA) is 221 Å². The van der Waals surface area contributed by atoms with Crippen LogP contribution < -0.4 is 31.5 Å². The number of halogens is 2. The van der Waals surface area contributed by atoms with Crippen LogP contribution in [0.3, 0.4) is 0 Å². The van der Waals surface area contributed by atoms with Crippen LogP contribution in [0.25, 0.3) is 44.6 Å². The van der Waals surface area contributed by atoms with Crippen molar-refractivity contribution in [3.63, 3.8) is 0 Å². The van der Waals surface area contributed by atoms with E-state index >= 15 is 0 Å². The molecule has 9 N–H and O–H groups in total. The van der Waals surface area contributed by atoms with Crippen LogP contribution in [0.4, 0.5) is 17.5 Å². The largest absolute Gasteiger partial charge is 0.390 e. The number of β-amino-alcohol motifs (C(OH)–C–C–N with tert-alkyl or cyclic N) is 2. The predicted octanol–water partition coefficient (Wildman–Crippen LogP) is 5.45. The molecule has 6 aromatic rings. The van der Waals surface area contributed by atoms with E-state index in [-0.39, 0.29) is 47.5 Å². The first-order valence-electron chi connectivity index (χ1n) is 20.7. The lowest BCUT2D eigenvalue weighted by Crippen LogP contribution is -2.51. The summed E-state index contributed by atoms with van der Waals surface area (Å²) in [5.74, 6) is 1.92. The van der Waals surface area contributed by atoms with E-state index in [9.17, 15) is 14.7 Å². The fourth-order valence-electron chi connectivity index (χ4n) is 7.43. The molecule has 0 radical (unpaired) electrons. The molecule has 0 saturated carbocycles. The zero-order valence-corrected chi connectivity index (χ0v) is 37.2. The summed E-state index contributed by atoms with van der Waals surface area (Å²) in [6, 6.07) is 15.5. The molecule has 18 heteroatoms. The van der Waals surface area contributed by atoms with Gasteiger partial charge in [-0.25, -0.2) is 19.9 Å². The number of aromatic amines is 2. The summed E-state index contributed by atoms with van der Waals surface area (Å²) in [6.07, 6.45) is 1.21. The minimum atomic E-state index is -0.326. The van der Waals surface area contributed by atoms with Gasteiger partial charge in [-0.1, -0.05) is 35.9 Å². The number of nitrogens with one attached hydrogen (secondary N) is 7. The van der Waals surface area contributed by atoms with E-state index in [4.69, 9.17) is 31.7 Å². The molecule has 0 aliphatic carbocycles. The Kier molecular flexibility index (Phi) is 12.7. The summed E-state index contributed by atoms with van der Waals surface area (Å²) in [6.45, 7) is 16.3. The highest BCUT2D eigenvalue weighted by atomic mass is 35.5. The fourth-order valence-corrected chi connectivity index (χ4v) is 7.61. The minimum Gasteiger partial charge on any atom is -0.390 e. The van der Waals surface area contributed by atoms with Gasteiger partial charge in [-0.15, -0.1) is 12.4 Å². The van der Waals surface area contributed by atoms with Gasteiger partial charge in [0.15, 0.2) is 22.6 Å². The lowest BCUT2D eigenvalue weighted by molar-refractivity contribution is 0.0937. The van der Waals surface area contributed by atoms with Crippen LogP contribution in [-0.2, 0) is 12.8 Å². The van der Waals surface area contributed by atoms with Crippen LogP contribution in [0.2, 0.25) is 5.15 Å². The Morgan fingerprint density at radius 3 is 1.58 bits per heavy atom. The third-order valence-electron chi connectivity index (χ3n) is 10.4. The number of aliphatic hydroxyl groups excluding tert-OH is 2. The first-order valence-corrected chi connectivity index (χ1v) is 21.0. The summed E-state index contributed by atoms with van der Waals surface area (Å²) in [5, 5.41) is 33.9. The average molecular weight is 886 g/mol. The highest BCUT2D eigenvalue weighted by molar-refractivity contribution is 6.32. The summed E-state index contributed by atoms with van der Waals surface area (Å²) in [7, 11) is 0. The molecule has 328 valence electrons. The maximum atomic E-state index is 12.2. The van der Waals surface area contributed by atoms with Gasteiger partial charge in [0, 0.05) is 97.1 Å². The minimum absolute atomic E-state index is 0. The third-order valence-corrected chi connectivity index (χ3v) is 10.7. The number of carbonyl (C=O) groups excluding carboxylic acids is 2. The van der Waals surface area contributed by atoms with Gasteiger partial charge in [-0.05, 0) is 65.8 Å². The Morgan fingerprint density at radius 1 is 0.677 bits per heavy atom. The lowest BCUT2D eigenvalue weighted by atomic mass is 10.1. The van der Waals surface area contributed by atoms with E-state index in [1.54, 1.807) is 0 Å². The van der Waals surface area contributed by atoms with E-state index in [1.165, 1.54) is 0 Å². The molecule has 4 aromatic heterocycles. The molecule has 2 saturated heterocycles. The van der Waals surface area contributed by atoms with Crippen molar-refractivity contribution in [3.8, 4) is 22.5 Å². The summed E-state index contributed by atoms with van der Waals surface area (Å²) in [5.41, 5.74) is 9.44. The van der Waals surface area contributed by atoms with Crippen molar-refractivity contribution >= 4 is 75.3 Å². The maximum absolute atomic E-state index is 12.2. The maximum Gasteiger partial charge on any atom is 0.253 e. The number of fused-ring (bicyclic) bond motifs is 4. The summed E-state index contributed by atoms with van der Waals surface area (Å²) < 4.78 is 0. The molecule has 4 aliphatic rings. The van der Waals surface area contributed by atoms with Gasteiger partial charge in [0.2, 0.25) is 0 Å². The van der Waals surface area contributed by atoms with E-state index in [2.05, 4.69) is 62.3 Å². The van der Waals surface area contributed by atoms with Crippen molar-refractivity contribution in [2.75, 3.05) is 54.8 Å². The van der Waals surface area contributed by atoms with Crippen LogP contribution in [0.15, 0.2) is 48.5 Å². The molecule has 0 bridgehead atoms. The molecule has 8 heterocycles. The van der Waals surface area contributed by atoms with Crippen LogP contribution in [0.1, 0.15) is 73.6 Å². The first kappa shape index (κ1) is 44.5. The van der Waals surface area contributed by atoms with E-state index in [1.807, 2.05) is 74.2 Å². The summed E-state index contributed by atoms with van der Waals surface area (Å²) >= 11 is 6.31. The second-order valence-electron chi connectivity index (χ2n) is 17.9. The normalized spacial score (nSPS) is 16.2. The van der Waals surface area contributed by atoms with Crippen molar-refractivity contribution in [2.45, 2.75) is 77.7 Å². The number of carbonyl (C=O) groups is 2. The molecule has 2 fully saturated rings. The molecular formula is C44H54Cl2N12O4. The fraction of sp³-hybridized carbons (Fsp3) is 0.409. The number of aromatic nitrogens is 6. The number of amides is 2. The van der Waals surface area contributed by atoms with Crippen molar-refractivity contribution in [1.82, 2.24) is 45.9 Å². The molecule has 2 amide bonds. The van der Waals surface area contributed by atoms with Crippen molar-refractivity contribution in [2.24, 2.45) is 0 Å². The quantitative estimate of drug-likeness (QED) is 0.106. The Balaban J connectivity index is 0.000000166. The Hall–Kier alpha value is -5.52. The first-order chi connectivity index (χ1) is 29.0. The predicted molar refractivity (Wildman–Crippen MR) is 247 cm³/mol. The molecule has 4 aliphatic heterocycles. The zero-order chi connectivity index (χ0) is 43.2. The highest BCUT2D eigenvalue weighted by Crippen LogP contribution is 2.36. The number of para-hydroxylation sites is 2. The second kappa shape index (κ2) is 17.7. The number of anilines is 3. The van der Waals surface area contributed by atoms with Gasteiger partial charge in [0.1, 0.15) is 11.0 Å². The Bertz CT molecular complexity index is 2620. The molecule has 62 heavy (non-hydrogen) atoms. The van der Waals surface area contributed by atoms with Gasteiger partial charge in [-0.3, -0.25) is 9.59 Å². The molecular weight excluding hydrogens is 831 g/mol. The average Bonchev–Trinajstić information content (AvgIpc) is 3.82. The number of rotatable bonds is 5. The van der Waals surface area contributed by atoms with Crippen molar-refractivity contribution in [3.05, 3.63) is 76.2 Å². The van der Waals surface area contributed by atoms with E-state index < -0.39 is 0 Å². The lowest BCUT2D eigenvalue weighted by Gasteiger charge is -2.38. The van der Waals surface area contributed by atoms with Gasteiger partial charge in [0.25, 0.3) is 11.8 Å². The number of nitrogens with zero attached hydrogens (tertiary/aromatic N) is 5. The number of hydrogen-bond acceptors (Lipinski definition) is 12. The SMILES string of the molecule is CC(C)(C)Nc1nc2c(-c3cc4c([nH]3)CCNC4=O)cccc2nc1Cl.CC(C)(C)Nc1nc2c(-c3cc4c([nH]3)CCNC4=O)cccc2nc1N1CC(O)C1.Cl.OC1CNC1. The van der Waals surface area contributed by atoms with Gasteiger partial charge < -0.3 is 51.7 Å². The monoisotopic (exact) mass is 884 g/mol. The number of benzene rings is 2. The van der Waals surface area contributed by atoms with Crippen LogP contribution in [0, 0.1) is 0 Å². The zero-order valence-electron chi connectivity index (χ0n) is 35.7. The highest BCUT2D eigenvalue weighted by Gasteiger charge is 2.31. The standard InChI is InChI=1S/C22H26N6O2.C19H20ClN5O.C3H7NO.ClH/c1-22(2,3)27-19-20(28-10-12(29)11-28)25-16-6-4-5-13(18(16)26-19)17-9-14-15(24-17)7-8-23-21(14)30;1-19(2,3)25-17-16(20)23-13-6-4-5-10(15(13)24-17)14-9-11-12(22-14)7-8-21-18(11)26;5-3-1-4-2-3;/h4-6,9,12,24,29H,7-8,10-11H2,1-3H3,(H,23,30)(H,26,27);4-6,9,22H,7-8H2,1-3H3,(H,21,26)(H,24,25);3-5H,1-2H2;1H. The molecule has 16 nitrogen and oxygen atoms in total. The third kappa shape index (κ3) is 9.74. The molecule has 2 aromatic carbocycles. The van der Waals surface area contributed by atoms with Crippen molar-refractivity contribution < 1.29 is 19.8 Å². The molecule has 10 rings (SSSR count). The number of aliphatic hydroxyl groups is 2. The van der Waals surface area contributed by atoms with E-state index in [0.29, 0.717) is 59.6 Å². The second-order valence-corrected chi connectivity index (χ2v) is 18.2. The molecule has 0 unspecified atom stereocenters. The van der Waals surface area contributed by atoms with Crippen LogP contribution in [-0.4, -0.2) is 114 Å². The van der Waals surface area contributed by atoms with Crippen LogP contribution in [0.5, 0.6) is 0 Å².